The summed E-state index contributed by atoms with van der Waals surface area (Å²) in [5.74, 6) is 0.458. The van der Waals surface area contributed by atoms with Gasteiger partial charge in [-0.15, -0.1) is 0 Å². The van der Waals surface area contributed by atoms with Crippen molar-refractivity contribution in [3.8, 4) is 5.75 Å². The first-order valence-corrected chi connectivity index (χ1v) is 7.76. The fourth-order valence-corrected chi connectivity index (χ4v) is 2.20. The minimum Gasteiger partial charge on any atom is -0.426 e. The molecule has 23 heavy (non-hydrogen) atoms. The zero-order valence-electron chi connectivity index (χ0n) is 13.2. The number of rotatable bonds is 6. The highest BCUT2D eigenvalue weighted by Gasteiger charge is 2.18. The Morgan fingerprint density at radius 3 is 2.35 bits per heavy atom. The molecule has 0 heterocycles. The molecule has 1 unspecified atom stereocenters. The molecule has 0 aliphatic heterocycles. The Bertz CT molecular complexity index is 614. The molecule has 2 aromatic carbocycles. The van der Waals surface area contributed by atoms with Crippen LogP contribution in [0.15, 0.2) is 54.6 Å². The quantitative estimate of drug-likeness (QED) is 0.574. The molecule has 0 aliphatic carbocycles. The number of ether oxygens (including phenoxy) is 2. The van der Waals surface area contributed by atoms with Gasteiger partial charge in [-0.3, -0.25) is 0 Å². The number of hydrogen-bond donors (Lipinski definition) is 0. The highest BCUT2D eigenvalue weighted by molar-refractivity contribution is 6.30. The van der Waals surface area contributed by atoms with Crippen LogP contribution >= 0.6 is 11.6 Å². The molecule has 1 atom stereocenters. The van der Waals surface area contributed by atoms with Crippen molar-refractivity contribution in [2.24, 2.45) is 0 Å². The summed E-state index contributed by atoms with van der Waals surface area (Å²) in [6.45, 7) is 0.784. The Balaban J connectivity index is 2.04. The van der Waals surface area contributed by atoms with Gasteiger partial charge in [-0.1, -0.05) is 41.9 Å². The van der Waals surface area contributed by atoms with E-state index in [-0.39, 0.29) is 6.10 Å². The van der Waals surface area contributed by atoms with E-state index in [0.717, 1.165) is 12.1 Å². The lowest BCUT2D eigenvalue weighted by Crippen LogP contribution is -2.20. The van der Waals surface area contributed by atoms with E-state index in [1.54, 1.807) is 36.4 Å². The Morgan fingerprint density at radius 1 is 1.09 bits per heavy atom. The van der Waals surface area contributed by atoms with Gasteiger partial charge in [-0.2, -0.15) is 0 Å². The molecule has 4 nitrogen and oxygen atoms in total. The molecule has 0 radical (unpaired) electrons. The van der Waals surface area contributed by atoms with Crippen LogP contribution in [0.25, 0.3) is 0 Å². The summed E-state index contributed by atoms with van der Waals surface area (Å²) in [6, 6.07) is 16.1. The normalized spacial score (nSPS) is 12.0. The average molecular weight is 334 g/mol. The van der Waals surface area contributed by atoms with Gasteiger partial charge < -0.3 is 14.4 Å². The molecule has 0 aromatic heterocycles. The third-order valence-electron chi connectivity index (χ3n) is 3.26. The van der Waals surface area contributed by atoms with Gasteiger partial charge in [-0.25, -0.2) is 4.79 Å². The fourth-order valence-electron chi connectivity index (χ4n) is 2.07. The van der Waals surface area contributed by atoms with E-state index in [1.165, 1.54) is 0 Å². The van der Waals surface area contributed by atoms with E-state index >= 15 is 0 Å². The van der Waals surface area contributed by atoms with E-state index in [2.05, 4.69) is 0 Å². The molecule has 122 valence electrons. The molecule has 0 N–H and O–H groups in total. The lowest BCUT2D eigenvalue weighted by molar-refractivity contribution is 0.0509. The number of para-hydroxylation sites is 1. The number of carbonyl (C=O) groups excluding carboxylic acids is 1. The maximum absolute atomic E-state index is 12.0. The molecule has 0 fully saturated rings. The number of carbonyl (C=O) groups is 1. The molecule has 0 aliphatic rings. The third kappa shape index (κ3) is 5.93. The molecule has 0 amide bonds. The smallest absolute Gasteiger partial charge is 0.426 e. The molecular formula is C18H20ClNO3. The van der Waals surface area contributed by atoms with Gasteiger partial charge in [0.25, 0.3) is 0 Å². The van der Waals surface area contributed by atoms with Crippen molar-refractivity contribution in [2.45, 2.75) is 12.5 Å². The zero-order chi connectivity index (χ0) is 16.7. The SMILES string of the molecule is CN(C)CCC(OC(=O)Oc1ccccc1)c1ccc(Cl)cc1. The first-order valence-electron chi connectivity index (χ1n) is 7.38. The molecule has 0 bridgehead atoms. The van der Waals surface area contributed by atoms with Crippen molar-refractivity contribution in [3.63, 3.8) is 0 Å². The van der Waals surface area contributed by atoms with Crippen molar-refractivity contribution >= 4 is 17.8 Å². The maximum atomic E-state index is 12.0. The number of hydrogen-bond acceptors (Lipinski definition) is 4. The van der Waals surface area contributed by atoms with Crippen molar-refractivity contribution in [3.05, 3.63) is 65.2 Å². The predicted octanol–water partition coefficient (Wildman–Crippen LogP) is 4.55. The van der Waals surface area contributed by atoms with E-state index < -0.39 is 6.16 Å². The number of benzene rings is 2. The van der Waals surface area contributed by atoms with Gasteiger partial charge in [0, 0.05) is 18.0 Å². The van der Waals surface area contributed by atoms with E-state index in [0.29, 0.717) is 17.2 Å². The lowest BCUT2D eigenvalue weighted by Gasteiger charge is -2.20. The van der Waals surface area contributed by atoms with Gasteiger partial charge in [0.05, 0.1) is 0 Å². The summed E-state index contributed by atoms with van der Waals surface area (Å²) in [6.07, 6.45) is -0.431. The van der Waals surface area contributed by atoms with Gasteiger partial charge >= 0.3 is 6.16 Å². The second-order valence-corrected chi connectivity index (χ2v) is 5.85. The minimum absolute atomic E-state index is 0.383. The van der Waals surface area contributed by atoms with E-state index in [4.69, 9.17) is 21.1 Å². The Morgan fingerprint density at radius 2 is 1.74 bits per heavy atom. The van der Waals surface area contributed by atoms with Crippen LogP contribution in [0.4, 0.5) is 4.79 Å². The van der Waals surface area contributed by atoms with Gasteiger partial charge in [-0.05, 0) is 43.9 Å². The summed E-state index contributed by atoms with van der Waals surface area (Å²) < 4.78 is 10.7. The Labute approximate surface area is 141 Å². The highest BCUT2D eigenvalue weighted by Crippen LogP contribution is 2.24. The van der Waals surface area contributed by atoms with Crippen molar-refractivity contribution in [2.75, 3.05) is 20.6 Å². The largest absolute Gasteiger partial charge is 0.514 e. The Hall–Kier alpha value is -2.04. The van der Waals surface area contributed by atoms with Crippen molar-refractivity contribution in [1.82, 2.24) is 4.90 Å². The van der Waals surface area contributed by atoms with Crippen LogP contribution in [-0.4, -0.2) is 31.7 Å². The van der Waals surface area contributed by atoms with Gasteiger partial charge in [0.15, 0.2) is 0 Å². The zero-order valence-corrected chi connectivity index (χ0v) is 14.0. The summed E-state index contributed by atoms with van der Waals surface area (Å²) in [5, 5.41) is 0.645. The van der Waals surface area contributed by atoms with Crippen LogP contribution < -0.4 is 4.74 Å². The van der Waals surface area contributed by atoms with Crippen molar-refractivity contribution < 1.29 is 14.3 Å². The summed E-state index contributed by atoms with van der Waals surface area (Å²) in [5.41, 5.74) is 0.890. The molecule has 0 saturated heterocycles. The highest BCUT2D eigenvalue weighted by atomic mass is 35.5. The van der Waals surface area contributed by atoms with Gasteiger partial charge in [0.2, 0.25) is 0 Å². The third-order valence-corrected chi connectivity index (χ3v) is 3.52. The average Bonchev–Trinajstić information content (AvgIpc) is 2.53. The van der Waals surface area contributed by atoms with Crippen molar-refractivity contribution in [1.29, 1.82) is 0 Å². The van der Waals surface area contributed by atoms with Crippen LogP contribution in [-0.2, 0) is 4.74 Å². The predicted molar refractivity (Wildman–Crippen MR) is 90.9 cm³/mol. The van der Waals surface area contributed by atoms with Crippen LogP contribution in [0.3, 0.4) is 0 Å². The standard InChI is InChI=1S/C18H20ClNO3/c1-20(2)13-12-17(14-8-10-15(19)11-9-14)23-18(21)22-16-6-4-3-5-7-16/h3-11,17H,12-13H2,1-2H3. The van der Waals surface area contributed by atoms with E-state index in [1.807, 2.05) is 37.2 Å². The van der Waals surface area contributed by atoms with E-state index in [9.17, 15) is 4.79 Å². The summed E-state index contributed by atoms with van der Waals surface area (Å²) in [7, 11) is 3.95. The molecule has 2 aromatic rings. The molecule has 2 rings (SSSR count). The second kappa shape index (κ2) is 8.56. The van der Waals surface area contributed by atoms with Crippen LogP contribution in [0.1, 0.15) is 18.1 Å². The molecule has 0 saturated carbocycles. The second-order valence-electron chi connectivity index (χ2n) is 5.42. The van der Waals surface area contributed by atoms with Crippen LogP contribution in [0.2, 0.25) is 5.02 Å². The number of halogens is 1. The molecule has 0 spiro atoms. The summed E-state index contributed by atoms with van der Waals surface area (Å²) >= 11 is 5.92. The first-order chi connectivity index (χ1) is 11.0. The van der Waals surface area contributed by atoms with Gasteiger partial charge in [0.1, 0.15) is 11.9 Å². The lowest BCUT2D eigenvalue weighted by atomic mass is 10.1. The van der Waals surface area contributed by atoms with Crippen LogP contribution in [0.5, 0.6) is 5.75 Å². The van der Waals surface area contributed by atoms with Crippen LogP contribution in [0, 0.1) is 0 Å². The summed E-state index contributed by atoms with van der Waals surface area (Å²) in [4.78, 5) is 14.1. The molecular weight excluding hydrogens is 314 g/mol. The molecule has 5 heteroatoms. The maximum Gasteiger partial charge on any atom is 0.514 e. The minimum atomic E-state index is -0.713. The topological polar surface area (TPSA) is 38.8 Å². The first kappa shape index (κ1) is 17.3. The monoisotopic (exact) mass is 333 g/mol. The Kier molecular flexibility index (Phi) is 6.44. The fraction of sp³-hybridized carbons (Fsp3) is 0.278. The number of nitrogens with zero attached hydrogens (tertiary/aromatic N) is 1.